The molecular weight excluding hydrogens is 377 g/mol. The summed E-state index contributed by atoms with van der Waals surface area (Å²) in [6.07, 6.45) is -0.0962. The van der Waals surface area contributed by atoms with Gasteiger partial charge < -0.3 is 9.47 Å². The topological polar surface area (TPSA) is 85.2 Å². The van der Waals surface area contributed by atoms with Gasteiger partial charge in [0.25, 0.3) is 0 Å². The summed E-state index contributed by atoms with van der Waals surface area (Å²) in [7, 11) is 0.389. The van der Waals surface area contributed by atoms with Crippen LogP contribution < -0.4 is 4.74 Å². The molecule has 0 saturated carbocycles. The minimum atomic E-state index is -4.62. The van der Waals surface area contributed by atoms with Gasteiger partial charge >= 0.3 is 7.82 Å². The first-order chi connectivity index (χ1) is 12.1. The van der Waals surface area contributed by atoms with E-state index in [-0.39, 0.29) is 21.9 Å². The zero-order valence-electron chi connectivity index (χ0n) is 15.9. The average Bonchev–Trinajstić information content (AvgIpc) is 2.51. The van der Waals surface area contributed by atoms with Gasteiger partial charge in [-0.05, 0) is 22.9 Å². The van der Waals surface area contributed by atoms with Crippen LogP contribution in [0.4, 0.5) is 0 Å². The highest BCUT2D eigenvalue weighted by molar-refractivity contribution is 8.00. The van der Waals surface area contributed by atoms with Crippen molar-refractivity contribution in [2.45, 2.75) is 36.4 Å². The summed E-state index contributed by atoms with van der Waals surface area (Å²) in [5.41, 5.74) is 1.00. The molecule has 2 rings (SSSR count). The van der Waals surface area contributed by atoms with E-state index in [1.165, 1.54) is 0 Å². The van der Waals surface area contributed by atoms with Crippen molar-refractivity contribution < 1.29 is 33.1 Å². The molecule has 1 aromatic carbocycles. The van der Waals surface area contributed by atoms with Crippen molar-refractivity contribution >= 4 is 19.6 Å². The third kappa shape index (κ3) is 5.70. The molecule has 0 radical (unpaired) electrons. The molecule has 0 aromatic heterocycles. The second-order valence-electron chi connectivity index (χ2n) is 7.04. The Labute approximate surface area is 159 Å². The van der Waals surface area contributed by atoms with Gasteiger partial charge in [0.05, 0.1) is 31.4 Å². The lowest BCUT2D eigenvalue weighted by molar-refractivity contribution is -1.07. The van der Waals surface area contributed by atoms with E-state index < -0.39 is 7.82 Å². The Bertz CT molecular complexity index is 654. The SMILES string of the molecule is COc1cccc(C2C[N+](C)(OP(=O)(O)O)CC(SC(C)C)C2OC)c1. The first-order valence-electron chi connectivity index (χ1n) is 8.50. The van der Waals surface area contributed by atoms with Crippen LogP contribution in [0.25, 0.3) is 0 Å². The van der Waals surface area contributed by atoms with Crippen LogP contribution in [0.1, 0.15) is 25.3 Å². The lowest BCUT2D eigenvalue weighted by Gasteiger charge is -2.45. The molecule has 1 fully saturated rings. The summed E-state index contributed by atoms with van der Waals surface area (Å²) in [6.45, 7) is 5.04. The van der Waals surface area contributed by atoms with Crippen LogP contribution in [-0.4, -0.2) is 65.4 Å². The van der Waals surface area contributed by atoms with Crippen LogP contribution in [0.15, 0.2) is 24.3 Å². The molecule has 1 aliphatic heterocycles. The molecule has 148 valence electrons. The normalized spacial score (nSPS) is 29.8. The standard InChI is InChI=1S/C17H28NO6PS/c1-12(2)26-16-11-18(3,24-25(19,20)21)10-15(17(16)23-5)13-7-6-8-14(9-13)22-4/h6-9,12,15-17H,10-11H2,1-5H3,(H-,19,20,21)/p+1. The highest BCUT2D eigenvalue weighted by Crippen LogP contribution is 2.46. The molecule has 1 saturated heterocycles. The van der Waals surface area contributed by atoms with Crippen molar-refractivity contribution in [3.8, 4) is 5.75 Å². The molecule has 1 aliphatic rings. The Balaban J connectivity index is 2.42. The molecule has 0 spiro atoms. The fourth-order valence-corrected chi connectivity index (χ4v) is 5.82. The number of quaternary nitrogens is 1. The quantitative estimate of drug-likeness (QED) is 0.532. The zero-order chi connectivity index (χ0) is 19.5. The van der Waals surface area contributed by atoms with Gasteiger partial charge in [-0.15, -0.1) is 11.8 Å². The number of methoxy groups -OCH3 is 2. The highest BCUT2D eigenvalue weighted by atomic mass is 32.2. The number of nitrogens with zero attached hydrogens (tertiary/aromatic N) is 1. The number of likely N-dealkylation sites (tertiary alicyclic amines) is 1. The molecule has 1 heterocycles. The Morgan fingerprint density at radius 3 is 2.50 bits per heavy atom. The molecule has 7 nitrogen and oxygen atoms in total. The maximum absolute atomic E-state index is 11.5. The predicted molar refractivity (Wildman–Crippen MR) is 102 cm³/mol. The van der Waals surface area contributed by atoms with E-state index in [1.54, 1.807) is 33.0 Å². The van der Waals surface area contributed by atoms with Gasteiger partial charge in [0.15, 0.2) is 0 Å². The Morgan fingerprint density at radius 1 is 1.27 bits per heavy atom. The van der Waals surface area contributed by atoms with Crippen molar-refractivity contribution in [3.63, 3.8) is 0 Å². The number of hydrogen-bond donors (Lipinski definition) is 2. The zero-order valence-corrected chi connectivity index (χ0v) is 17.6. The van der Waals surface area contributed by atoms with E-state index in [4.69, 9.17) is 14.1 Å². The molecule has 1 aromatic rings. The van der Waals surface area contributed by atoms with Gasteiger partial charge in [0.1, 0.15) is 18.8 Å². The summed E-state index contributed by atoms with van der Waals surface area (Å²) in [6, 6.07) is 7.72. The Morgan fingerprint density at radius 2 is 1.96 bits per heavy atom. The predicted octanol–water partition coefficient (Wildman–Crippen LogP) is 2.79. The summed E-state index contributed by atoms with van der Waals surface area (Å²) >= 11 is 1.74. The summed E-state index contributed by atoms with van der Waals surface area (Å²) < 4.78 is 27.7. The van der Waals surface area contributed by atoms with E-state index in [2.05, 4.69) is 13.8 Å². The minimum absolute atomic E-state index is 0.0292. The fraction of sp³-hybridized carbons (Fsp3) is 0.647. The largest absolute Gasteiger partial charge is 0.515 e. The van der Waals surface area contributed by atoms with Crippen LogP contribution in [0.5, 0.6) is 5.75 Å². The molecule has 0 aliphatic carbocycles. The van der Waals surface area contributed by atoms with Crippen molar-refractivity contribution in [2.75, 3.05) is 34.4 Å². The first kappa shape index (κ1) is 21.7. The van der Waals surface area contributed by atoms with Crippen molar-refractivity contribution in [3.05, 3.63) is 29.8 Å². The van der Waals surface area contributed by atoms with Crippen LogP contribution in [0, 0.1) is 0 Å². The van der Waals surface area contributed by atoms with Gasteiger partial charge in [-0.3, -0.25) is 9.79 Å². The van der Waals surface area contributed by atoms with Crippen molar-refractivity contribution in [1.29, 1.82) is 0 Å². The third-order valence-corrected chi connectivity index (χ3v) is 6.37. The van der Waals surface area contributed by atoms with Crippen molar-refractivity contribution in [2.24, 2.45) is 0 Å². The number of hydroxylamine groups is 3. The lowest BCUT2D eigenvalue weighted by atomic mass is 9.87. The fourth-order valence-electron chi connectivity index (χ4n) is 3.61. The number of ether oxygens (including phenoxy) is 2. The van der Waals surface area contributed by atoms with Gasteiger partial charge in [0, 0.05) is 7.11 Å². The maximum atomic E-state index is 11.5. The maximum Gasteiger partial charge on any atom is 0.515 e. The van der Waals surface area contributed by atoms with Crippen LogP contribution in [0.3, 0.4) is 0 Å². The van der Waals surface area contributed by atoms with Crippen LogP contribution in [-0.2, 0) is 13.9 Å². The first-order valence-corrected chi connectivity index (χ1v) is 11.0. The molecule has 0 bridgehead atoms. The second-order valence-corrected chi connectivity index (χ2v) is 10.0. The summed E-state index contributed by atoms with van der Waals surface area (Å²) in [5.74, 6) is 0.651. The lowest BCUT2D eigenvalue weighted by Crippen LogP contribution is -2.59. The molecule has 2 N–H and O–H groups in total. The summed E-state index contributed by atoms with van der Waals surface area (Å²) in [5, 5.41) is 0.381. The molecular formula is C17H29NO6PS+. The second kappa shape index (κ2) is 8.61. The number of phosphoric acid groups is 1. The Kier molecular flexibility index (Phi) is 7.18. The highest BCUT2D eigenvalue weighted by Gasteiger charge is 2.49. The smallest absolute Gasteiger partial charge is 0.497 e. The van der Waals surface area contributed by atoms with Crippen molar-refractivity contribution in [1.82, 2.24) is 0 Å². The summed E-state index contributed by atoms with van der Waals surface area (Å²) in [4.78, 5) is 18.8. The van der Waals surface area contributed by atoms with E-state index in [0.29, 0.717) is 18.3 Å². The molecule has 9 heteroatoms. The number of rotatable bonds is 7. The third-order valence-electron chi connectivity index (χ3n) is 4.46. The average molecular weight is 406 g/mol. The van der Waals surface area contributed by atoms with Gasteiger partial charge in [0.2, 0.25) is 0 Å². The van der Waals surface area contributed by atoms with E-state index in [1.807, 2.05) is 24.3 Å². The number of likely N-dealkylation sites (N-methyl/N-ethyl adjacent to an activating group) is 1. The van der Waals surface area contributed by atoms with Crippen LogP contribution >= 0.6 is 19.6 Å². The van der Waals surface area contributed by atoms with Gasteiger partial charge in [-0.1, -0.05) is 30.6 Å². The number of piperidine rings is 1. The van der Waals surface area contributed by atoms with E-state index in [9.17, 15) is 14.4 Å². The van der Waals surface area contributed by atoms with Gasteiger partial charge in [-0.2, -0.15) is 4.65 Å². The van der Waals surface area contributed by atoms with E-state index in [0.717, 1.165) is 11.3 Å². The van der Waals surface area contributed by atoms with Gasteiger partial charge in [-0.25, -0.2) is 4.57 Å². The number of hydrogen-bond acceptors (Lipinski definition) is 5. The molecule has 4 atom stereocenters. The minimum Gasteiger partial charge on any atom is -0.497 e. The molecule has 4 unspecified atom stereocenters. The monoisotopic (exact) mass is 406 g/mol. The number of benzene rings is 1. The Hall–Kier alpha value is -0.600. The molecule has 26 heavy (non-hydrogen) atoms. The van der Waals surface area contributed by atoms with Crippen LogP contribution in [0.2, 0.25) is 0 Å². The molecule has 0 amide bonds. The number of thioether (sulfide) groups is 1. The van der Waals surface area contributed by atoms with E-state index >= 15 is 0 Å².